The number of carboxylic acid groups (broad SMARTS) is 2. The van der Waals surface area contributed by atoms with E-state index in [2.05, 4.69) is 158 Å². The molecule has 2 spiro atoms. The van der Waals surface area contributed by atoms with Crippen LogP contribution in [0.15, 0.2) is 116 Å². The summed E-state index contributed by atoms with van der Waals surface area (Å²) in [7, 11) is -1.53. The molecule has 16 heteroatoms. The molecule has 1 atom stereocenters. The topological polar surface area (TPSA) is 143 Å². The minimum Gasteiger partial charge on any atom is -1.00 e. The number of alkyl halides is 4. The van der Waals surface area contributed by atoms with Gasteiger partial charge in [-0.15, -0.1) is 6.58 Å². The van der Waals surface area contributed by atoms with Gasteiger partial charge in [-0.3, -0.25) is 28.8 Å². The maximum Gasteiger partial charge on any atom is 0.300 e. The van der Waals surface area contributed by atoms with Gasteiger partial charge in [0.1, 0.15) is 34.7 Å². The van der Waals surface area contributed by atoms with E-state index >= 15 is 0 Å². The largest absolute Gasteiger partial charge is 1.00 e. The summed E-state index contributed by atoms with van der Waals surface area (Å²) in [6, 6.07) is 32.6. The number of halogens is 5. The van der Waals surface area contributed by atoms with Crippen molar-refractivity contribution in [1.82, 2.24) is 0 Å². The Morgan fingerprint density at radius 3 is 0.918 bits per heavy atom. The van der Waals surface area contributed by atoms with Gasteiger partial charge in [-0.05, 0) is 265 Å². The predicted molar refractivity (Wildman–Crippen MR) is 506 cm³/mol. The van der Waals surface area contributed by atoms with E-state index in [1.165, 1.54) is 278 Å². The van der Waals surface area contributed by atoms with E-state index in [9.17, 15) is 19.2 Å². The first-order valence-corrected chi connectivity index (χ1v) is 52.3. The van der Waals surface area contributed by atoms with Crippen molar-refractivity contribution >= 4 is 105 Å². The van der Waals surface area contributed by atoms with Crippen LogP contribution in [0.1, 0.15) is 364 Å². The molecule has 0 radical (unpaired) electrons. The van der Waals surface area contributed by atoms with Crippen molar-refractivity contribution in [2.24, 2.45) is 111 Å². The fourth-order valence-corrected chi connectivity index (χ4v) is 28.6. The number of aliphatic carboxylic acids is 2. The second-order valence-corrected chi connectivity index (χ2v) is 46.6. The van der Waals surface area contributed by atoms with Crippen LogP contribution in [0.4, 0.5) is 0 Å². The first-order valence-electron chi connectivity index (χ1n) is 48.5. The molecule has 0 bridgehead atoms. The molecule has 0 aliphatic heterocycles. The quantitative estimate of drug-likeness (QED) is 0.0465. The summed E-state index contributed by atoms with van der Waals surface area (Å²) in [6.45, 7) is 26.2. The molecule has 678 valence electrons. The van der Waals surface area contributed by atoms with E-state index in [1.54, 1.807) is 0 Å². The molecule has 13 fully saturated rings. The molecular weight excluding hydrogens is 1780 g/mol. The molecule has 0 saturated heterocycles. The number of Topliss-reactive ketones (excluding diaryl/α,β-unsaturated/α-hetero) is 4. The zero-order valence-electron chi connectivity index (χ0n) is 77.5. The third-order valence-corrected chi connectivity index (χ3v) is 37.8. The Morgan fingerprint density at radius 1 is 0.393 bits per heavy atom. The van der Waals surface area contributed by atoms with Crippen LogP contribution < -0.4 is 32.9 Å². The van der Waals surface area contributed by atoms with Gasteiger partial charge in [-0.1, -0.05) is 302 Å². The van der Waals surface area contributed by atoms with Crippen molar-refractivity contribution in [2.75, 3.05) is 6.66 Å². The Hall–Kier alpha value is -1.92. The van der Waals surface area contributed by atoms with Gasteiger partial charge < -0.3 is 27.2 Å². The Kier molecular flexibility index (Phi) is 50.2. The SMILES string of the molecule is C=C1CC(C2CCC(CCC)CC2)C1.C=CC1CCC(CCC)CC1.CC(=O)O.CC(=O)O.CCCC1CCC(C2CC(=O)C2(Cl)Cl)CC1.CCCC1CCC(C2CC(=O)C2)CC1.CCCC1CCC(C2CC3(CC(=O)C3(Cl)Cl)C2)CC1.CCCC1CCC(C2CC3(CC(=O)C3)C2)CC1.C[P+](c1ccccc1)(c1ccccc1)c1ccccc1.[Br-].[Zn].[Zn]. The minimum absolute atomic E-state index is 0. The van der Waals surface area contributed by atoms with Crippen molar-refractivity contribution in [1.29, 1.82) is 0 Å². The number of hydrogen-bond acceptors (Lipinski definition) is 6. The van der Waals surface area contributed by atoms with E-state index in [0.717, 1.165) is 141 Å². The summed E-state index contributed by atoms with van der Waals surface area (Å²) < 4.78 is -2.11. The van der Waals surface area contributed by atoms with Crippen molar-refractivity contribution in [3.8, 4) is 0 Å². The van der Waals surface area contributed by atoms with Gasteiger partial charge in [0.05, 0.1) is 6.66 Å². The number of allylic oxidation sites excluding steroid dienone is 2. The maximum atomic E-state index is 11.5. The smallest absolute Gasteiger partial charge is 0.300 e. The number of carboxylic acids is 2. The molecule has 13 aliphatic carbocycles. The molecule has 3 aromatic rings. The Labute approximate surface area is 798 Å². The summed E-state index contributed by atoms with van der Waals surface area (Å²) in [5, 5.41) is 19.1. The van der Waals surface area contributed by atoms with Gasteiger partial charge in [0, 0.05) is 103 Å². The molecule has 16 rings (SSSR count). The van der Waals surface area contributed by atoms with E-state index in [0.29, 0.717) is 35.7 Å². The normalized spacial score (nSPS) is 29.3. The van der Waals surface area contributed by atoms with Gasteiger partial charge in [0.15, 0.2) is 20.2 Å². The fourth-order valence-electron chi connectivity index (χ4n) is 24.2. The third kappa shape index (κ3) is 32.8. The number of rotatable bonds is 21. The molecule has 0 heterocycles. The zero-order chi connectivity index (χ0) is 86.3. The van der Waals surface area contributed by atoms with Crippen molar-refractivity contribution in [3.63, 3.8) is 0 Å². The van der Waals surface area contributed by atoms with Crippen molar-refractivity contribution in [3.05, 3.63) is 116 Å². The second-order valence-electron chi connectivity index (χ2n) is 40.4. The predicted octanol–water partition coefficient (Wildman–Crippen LogP) is 26.5. The van der Waals surface area contributed by atoms with E-state index in [-0.39, 0.29) is 78.8 Å². The van der Waals surface area contributed by atoms with Crippen LogP contribution >= 0.6 is 53.7 Å². The Balaban J connectivity index is 0.000000250. The molecule has 3 aromatic carbocycles. The van der Waals surface area contributed by atoms with Crippen LogP contribution in [0.3, 0.4) is 0 Å². The third-order valence-electron chi connectivity index (χ3n) is 31.6. The number of hydrogen-bond donors (Lipinski definition) is 2. The Bertz CT molecular complexity index is 3330. The van der Waals surface area contributed by atoms with Gasteiger partial charge in [0.25, 0.3) is 11.9 Å². The molecule has 1 unspecified atom stereocenters. The Morgan fingerprint density at radius 2 is 0.672 bits per heavy atom. The molecule has 13 aliphatic rings. The molecule has 0 aromatic heterocycles. The molecule has 13 saturated carbocycles. The molecule has 8 nitrogen and oxygen atoms in total. The van der Waals surface area contributed by atoms with Gasteiger partial charge in [0.2, 0.25) is 0 Å². The van der Waals surface area contributed by atoms with Crippen LogP contribution in [0.2, 0.25) is 0 Å². The summed E-state index contributed by atoms with van der Waals surface area (Å²) in [6.07, 6.45) is 65.3. The van der Waals surface area contributed by atoms with Crippen molar-refractivity contribution < 1.29 is 94.9 Å². The number of carbonyl (C=O) groups is 6. The molecular formula is C106H162BrCl4O8PZn2. The van der Waals surface area contributed by atoms with Gasteiger partial charge >= 0.3 is 0 Å². The molecule has 2 N–H and O–H groups in total. The summed E-state index contributed by atoms with van der Waals surface area (Å²) in [4.78, 5) is 62.8. The first kappa shape index (κ1) is 111. The molecule has 0 amide bonds. The van der Waals surface area contributed by atoms with E-state index < -0.39 is 27.9 Å². The summed E-state index contributed by atoms with van der Waals surface area (Å²) in [5.41, 5.74) is 1.99. The van der Waals surface area contributed by atoms with Crippen molar-refractivity contribution in [2.45, 2.75) is 372 Å². The average Bonchev–Trinajstić information content (AvgIpc) is 0.694. The molecule has 122 heavy (non-hydrogen) atoms. The summed E-state index contributed by atoms with van der Waals surface area (Å²) >= 11 is 24.5. The average molecular weight is 1950 g/mol. The maximum absolute atomic E-state index is 11.5. The van der Waals surface area contributed by atoms with Crippen LogP contribution in [0.5, 0.6) is 0 Å². The minimum atomic E-state index is -1.53. The van der Waals surface area contributed by atoms with Crippen LogP contribution in [-0.4, -0.2) is 60.6 Å². The van der Waals surface area contributed by atoms with Crippen LogP contribution in [0, 0.1) is 111 Å². The number of carbonyl (C=O) groups excluding carboxylic acids is 4. The van der Waals surface area contributed by atoms with E-state index in [1.807, 2.05) is 0 Å². The number of benzene rings is 3. The van der Waals surface area contributed by atoms with Gasteiger partial charge in [-0.2, -0.15) is 0 Å². The van der Waals surface area contributed by atoms with Crippen LogP contribution in [-0.2, 0) is 67.7 Å². The monoisotopic (exact) mass is 1940 g/mol. The zero-order valence-corrected chi connectivity index (χ0v) is 88.9. The first-order chi connectivity index (χ1) is 57.0. The summed E-state index contributed by atoms with van der Waals surface area (Å²) in [5.74, 6) is 14.6. The fraction of sp³-hybridized carbons (Fsp3) is 0.736. The van der Waals surface area contributed by atoms with E-state index in [4.69, 9.17) is 66.2 Å². The van der Waals surface area contributed by atoms with Crippen LogP contribution in [0.25, 0.3) is 0 Å². The standard InChI is InChI=1S/C19H18P.C16H24Cl2O.C16H26O.C14H24.C13H20Cl2O.C13H22O.C11H20.2C2H4O2.BrH.2Zn/c1-20(17-11-5-2-6-12-17,18-13-7-3-8-14-18)19-15-9-4-10-16-19;1-2-3-11-4-6-12(7-5-11)13-8-15(9-13)10-14(19)16(15,17)18;1-2-3-12-4-6-13(7-5-12)14-8-16(9-14)10-15(17)11-16;1-3-4-12-5-7-13(8-6-12)14-9-11(2)10-14;1-2-3-9-4-6-10(7-5-9)11-8-12(16)13(11,14)15;1-2-3-10-4-6-11(7-5-10)12-8-13(14)9-12;1-3-5-11-8-6-10(4-2)7-9-11;2*1-2(3)4;;;/h2-16H,1H3;11-13H,2-10H2,1H3;12-14H,2-11H2,1H3;12-14H,2-10H2,1H3;9-11H,2-8H2,1H3;10-12H,2-9H2,1H3;4,10-11H,2-3,5-9H2,1H3;2*1H3,(H,3,4);1H;;/q+1;;;;;;;;;;;/p-1. The van der Waals surface area contributed by atoms with Gasteiger partial charge in [-0.25, -0.2) is 0 Å². The number of ketones is 4. The second kappa shape index (κ2) is 55.4.